The van der Waals surface area contributed by atoms with Crippen LogP contribution in [0.15, 0.2) is 67.1 Å². The zero-order valence-corrected chi connectivity index (χ0v) is 14.0. The molecule has 26 heavy (non-hydrogen) atoms. The van der Waals surface area contributed by atoms with Gasteiger partial charge in [0.2, 0.25) is 5.95 Å². The maximum absolute atomic E-state index is 11.6. The summed E-state index contributed by atoms with van der Waals surface area (Å²) in [6, 6.07) is 14.8. The second kappa shape index (κ2) is 6.64. The van der Waals surface area contributed by atoms with E-state index < -0.39 is 0 Å². The third-order valence-corrected chi connectivity index (χ3v) is 3.97. The summed E-state index contributed by atoms with van der Waals surface area (Å²) in [5, 5.41) is 5.75. The van der Waals surface area contributed by atoms with E-state index in [1.807, 2.05) is 47.0 Å². The molecule has 3 heterocycles. The molecule has 0 unspecified atom stereocenters. The van der Waals surface area contributed by atoms with Crippen molar-refractivity contribution in [2.75, 3.05) is 12.4 Å². The van der Waals surface area contributed by atoms with E-state index in [1.54, 1.807) is 31.6 Å². The molecule has 0 saturated carbocycles. The van der Waals surface area contributed by atoms with E-state index in [4.69, 9.17) is 0 Å². The molecule has 0 aliphatic carbocycles. The van der Waals surface area contributed by atoms with Gasteiger partial charge >= 0.3 is 0 Å². The summed E-state index contributed by atoms with van der Waals surface area (Å²) in [6.07, 6.45) is 5.44. The molecule has 128 valence electrons. The SMILES string of the molecule is CNC(=O)c1ccc(Nc2nccc(-c3cnc4ccccn34)n2)cc1. The molecule has 0 aliphatic rings. The fraction of sp³-hybridized carbons (Fsp3) is 0.0526. The molecule has 7 nitrogen and oxygen atoms in total. The molecule has 0 fully saturated rings. The second-order valence-corrected chi connectivity index (χ2v) is 5.62. The van der Waals surface area contributed by atoms with Crippen molar-refractivity contribution in [3.05, 3.63) is 72.7 Å². The summed E-state index contributed by atoms with van der Waals surface area (Å²) >= 11 is 0. The molecule has 0 radical (unpaired) electrons. The van der Waals surface area contributed by atoms with Gasteiger partial charge in [-0.3, -0.25) is 9.20 Å². The Balaban J connectivity index is 1.61. The van der Waals surface area contributed by atoms with Crippen molar-refractivity contribution in [3.8, 4) is 11.4 Å². The predicted molar refractivity (Wildman–Crippen MR) is 99.3 cm³/mol. The largest absolute Gasteiger partial charge is 0.355 e. The van der Waals surface area contributed by atoms with Crippen LogP contribution in [0.4, 0.5) is 11.6 Å². The van der Waals surface area contributed by atoms with Gasteiger partial charge in [0.1, 0.15) is 5.65 Å². The van der Waals surface area contributed by atoms with Gasteiger partial charge in [-0.2, -0.15) is 0 Å². The molecule has 0 aliphatic heterocycles. The van der Waals surface area contributed by atoms with Gasteiger partial charge in [-0.25, -0.2) is 15.0 Å². The Bertz CT molecular complexity index is 1070. The highest BCUT2D eigenvalue weighted by molar-refractivity contribution is 5.94. The lowest BCUT2D eigenvalue weighted by molar-refractivity contribution is 0.0963. The van der Waals surface area contributed by atoms with Crippen LogP contribution >= 0.6 is 0 Å². The van der Waals surface area contributed by atoms with Crippen molar-refractivity contribution in [1.29, 1.82) is 0 Å². The van der Waals surface area contributed by atoms with Crippen LogP contribution in [0.3, 0.4) is 0 Å². The highest BCUT2D eigenvalue weighted by Gasteiger charge is 2.09. The summed E-state index contributed by atoms with van der Waals surface area (Å²) in [4.78, 5) is 24.8. The predicted octanol–water partition coefficient (Wildman–Crippen LogP) is 2.89. The number of anilines is 2. The fourth-order valence-corrected chi connectivity index (χ4v) is 2.66. The number of imidazole rings is 1. The summed E-state index contributed by atoms with van der Waals surface area (Å²) in [7, 11) is 1.61. The number of nitrogens with zero attached hydrogens (tertiary/aromatic N) is 4. The van der Waals surface area contributed by atoms with Crippen LogP contribution in [0.2, 0.25) is 0 Å². The van der Waals surface area contributed by atoms with Crippen molar-refractivity contribution in [1.82, 2.24) is 24.7 Å². The van der Waals surface area contributed by atoms with E-state index in [0.29, 0.717) is 11.5 Å². The number of nitrogens with one attached hydrogen (secondary N) is 2. The van der Waals surface area contributed by atoms with Crippen molar-refractivity contribution in [2.45, 2.75) is 0 Å². The second-order valence-electron chi connectivity index (χ2n) is 5.62. The summed E-state index contributed by atoms with van der Waals surface area (Å²) in [6.45, 7) is 0. The molecule has 0 spiro atoms. The Morgan fingerprint density at radius 3 is 2.69 bits per heavy atom. The highest BCUT2D eigenvalue weighted by atomic mass is 16.1. The number of carbonyl (C=O) groups is 1. The van der Waals surface area contributed by atoms with Crippen molar-refractivity contribution >= 4 is 23.2 Å². The van der Waals surface area contributed by atoms with E-state index in [1.165, 1.54) is 0 Å². The van der Waals surface area contributed by atoms with Crippen molar-refractivity contribution < 1.29 is 4.79 Å². The maximum atomic E-state index is 11.6. The number of amides is 1. The van der Waals surface area contributed by atoms with E-state index in [0.717, 1.165) is 22.7 Å². The van der Waals surface area contributed by atoms with E-state index in [-0.39, 0.29) is 5.91 Å². The van der Waals surface area contributed by atoms with E-state index in [2.05, 4.69) is 25.6 Å². The lowest BCUT2D eigenvalue weighted by Gasteiger charge is -2.07. The monoisotopic (exact) mass is 344 g/mol. The zero-order chi connectivity index (χ0) is 17.9. The van der Waals surface area contributed by atoms with Crippen LogP contribution < -0.4 is 10.6 Å². The summed E-state index contributed by atoms with van der Waals surface area (Å²) in [5.41, 5.74) is 3.91. The minimum atomic E-state index is -0.123. The standard InChI is InChI=1S/C19H16N6O/c1-20-18(26)13-5-7-14(8-6-13)23-19-21-10-9-15(24-19)16-12-22-17-4-2-3-11-25(16)17/h2-12H,1H3,(H,20,26)(H,21,23,24). The molecule has 2 N–H and O–H groups in total. The Kier molecular flexibility index (Phi) is 4.03. The van der Waals surface area contributed by atoms with Crippen LogP contribution in [0.25, 0.3) is 17.0 Å². The lowest BCUT2D eigenvalue weighted by Crippen LogP contribution is -2.17. The first kappa shape index (κ1) is 15.8. The minimum Gasteiger partial charge on any atom is -0.355 e. The lowest BCUT2D eigenvalue weighted by atomic mass is 10.2. The molecule has 1 amide bonds. The highest BCUT2D eigenvalue weighted by Crippen LogP contribution is 2.21. The molecule has 0 bridgehead atoms. The van der Waals surface area contributed by atoms with E-state index >= 15 is 0 Å². The summed E-state index contributed by atoms with van der Waals surface area (Å²) < 4.78 is 1.98. The average molecular weight is 344 g/mol. The van der Waals surface area contributed by atoms with Gasteiger partial charge in [-0.1, -0.05) is 6.07 Å². The maximum Gasteiger partial charge on any atom is 0.251 e. The molecule has 0 saturated heterocycles. The van der Waals surface area contributed by atoms with Gasteiger partial charge in [0.05, 0.1) is 17.6 Å². The van der Waals surface area contributed by atoms with Crippen LogP contribution in [0, 0.1) is 0 Å². The molecule has 3 aromatic heterocycles. The number of pyridine rings is 1. The first-order valence-electron chi connectivity index (χ1n) is 8.09. The Hall–Kier alpha value is -3.74. The number of hydrogen-bond donors (Lipinski definition) is 2. The van der Waals surface area contributed by atoms with Crippen molar-refractivity contribution in [2.24, 2.45) is 0 Å². The van der Waals surface area contributed by atoms with Gasteiger partial charge in [-0.15, -0.1) is 0 Å². The Morgan fingerprint density at radius 2 is 1.88 bits per heavy atom. The van der Waals surface area contributed by atoms with Gasteiger partial charge in [-0.05, 0) is 42.5 Å². The van der Waals surface area contributed by atoms with Crippen LogP contribution in [-0.2, 0) is 0 Å². The summed E-state index contributed by atoms with van der Waals surface area (Å²) in [5.74, 6) is 0.350. The number of carbonyl (C=O) groups excluding carboxylic acids is 1. The Labute approximate surface area is 149 Å². The normalized spacial score (nSPS) is 10.7. The van der Waals surface area contributed by atoms with E-state index in [9.17, 15) is 4.79 Å². The minimum absolute atomic E-state index is 0.123. The van der Waals surface area contributed by atoms with Gasteiger partial charge in [0, 0.05) is 30.7 Å². The first-order chi connectivity index (χ1) is 12.7. The van der Waals surface area contributed by atoms with Gasteiger partial charge in [0.15, 0.2) is 0 Å². The first-order valence-corrected chi connectivity index (χ1v) is 8.09. The molecule has 1 aromatic carbocycles. The Morgan fingerprint density at radius 1 is 1.04 bits per heavy atom. The molecule has 4 aromatic rings. The molecule has 7 heteroatoms. The topological polar surface area (TPSA) is 84.2 Å². The molecule has 4 rings (SSSR count). The third-order valence-electron chi connectivity index (χ3n) is 3.97. The number of benzene rings is 1. The van der Waals surface area contributed by atoms with Crippen molar-refractivity contribution in [3.63, 3.8) is 0 Å². The van der Waals surface area contributed by atoms with Crippen LogP contribution in [0.1, 0.15) is 10.4 Å². The average Bonchev–Trinajstić information content (AvgIpc) is 3.12. The fourth-order valence-electron chi connectivity index (χ4n) is 2.66. The number of rotatable bonds is 4. The number of fused-ring (bicyclic) bond motifs is 1. The smallest absolute Gasteiger partial charge is 0.251 e. The number of aromatic nitrogens is 4. The molecule has 0 atom stereocenters. The third kappa shape index (κ3) is 2.98. The van der Waals surface area contributed by atoms with Gasteiger partial charge < -0.3 is 10.6 Å². The molecular weight excluding hydrogens is 328 g/mol. The van der Waals surface area contributed by atoms with Crippen LogP contribution in [-0.4, -0.2) is 32.3 Å². The number of hydrogen-bond acceptors (Lipinski definition) is 5. The quantitative estimate of drug-likeness (QED) is 0.595. The zero-order valence-electron chi connectivity index (χ0n) is 14.0. The van der Waals surface area contributed by atoms with Crippen LogP contribution in [0.5, 0.6) is 0 Å². The molecular formula is C19H16N6O. The van der Waals surface area contributed by atoms with Gasteiger partial charge in [0.25, 0.3) is 5.91 Å².